The monoisotopic (exact) mass is 773 g/mol. The largest absolute Gasteiger partial charge is 0.491 e. The van der Waals surface area contributed by atoms with Gasteiger partial charge in [0.15, 0.2) is 0 Å². The first-order valence-corrected chi connectivity index (χ1v) is 21.4. The normalized spacial score (nSPS) is 30.0. The third kappa shape index (κ3) is 8.37. The molecule has 2 fully saturated rings. The molecule has 2 aromatic carbocycles. The van der Waals surface area contributed by atoms with Gasteiger partial charge in [-0.3, -0.25) is 14.4 Å². The molecule has 1 aliphatic carbocycles. The molecule has 11 heteroatoms. The van der Waals surface area contributed by atoms with Gasteiger partial charge >= 0.3 is 0 Å². The molecule has 3 aromatic rings. The molecule has 4 heterocycles. The van der Waals surface area contributed by atoms with Crippen molar-refractivity contribution < 1.29 is 18.5 Å². The number of piperazine rings is 1. The van der Waals surface area contributed by atoms with E-state index in [1.807, 2.05) is 44.5 Å². The van der Waals surface area contributed by atoms with E-state index in [0.29, 0.717) is 24.0 Å². The fourth-order valence-electron chi connectivity index (χ4n) is 8.90. The Kier molecular flexibility index (Phi) is 12.3. The van der Waals surface area contributed by atoms with Crippen molar-refractivity contribution in [1.82, 2.24) is 14.6 Å². The molecule has 2 bridgehead atoms. The second-order valence-electron chi connectivity index (χ2n) is 15.8. The van der Waals surface area contributed by atoms with Crippen LogP contribution in [0, 0.1) is 17.8 Å². The van der Waals surface area contributed by atoms with Crippen LogP contribution in [-0.4, -0.2) is 90.4 Å². The van der Waals surface area contributed by atoms with Crippen molar-refractivity contribution in [3.8, 4) is 5.75 Å². The van der Waals surface area contributed by atoms with E-state index in [-0.39, 0.29) is 23.0 Å². The Balaban J connectivity index is 1.22. The summed E-state index contributed by atoms with van der Waals surface area (Å²) < 4.78 is 29.7. The number of rotatable bonds is 7. The van der Waals surface area contributed by atoms with Crippen molar-refractivity contribution in [3.05, 3.63) is 94.7 Å². The van der Waals surface area contributed by atoms with Gasteiger partial charge in [0.05, 0.1) is 17.5 Å². The van der Waals surface area contributed by atoms with E-state index < -0.39 is 16.6 Å². The summed E-state index contributed by atoms with van der Waals surface area (Å²) in [6.45, 7) is 12.8. The number of pyridine rings is 1. The van der Waals surface area contributed by atoms with Gasteiger partial charge < -0.3 is 19.3 Å². The zero-order valence-electron chi connectivity index (χ0n) is 32.2. The average Bonchev–Trinajstić information content (AvgIpc) is 3.35. The summed E-state index contributed by atoms with van der Waals surface area (Å²) >= 11 is 6.51. The maximum absolute atomic E-state index is 13.6. The van der Waals surface area contributed by atoms with Crippen LogP contribution in [-0.2, 0) is 22.1 Å². The topological polar surface area (TPSA) is 87.2 Å². The first-order chi connectivity index (χ1) is 26.2. The fraction of sp³-hybridized carbons (Fsp3) is 0.535. The number of nitrogens with zero attached hydrogens (tertiary/aromatic N) is 4. The fourth-order valence-corrected chi connectivity index (χ4v) is 10.1. The number of hydrogen-bond acceptors (Lipinski definition) is 8. The Morgan fingerprint density at radius 3 is 2.59 bits per heavy atom. The highest BCUT2D eigenvalue weighted by Gasteiger charge is 2.48. The molecule has 1 saturated carbocycles. The van der Waals surface area contributed by atoms with Gasteiger partial charge in [-0.05, 0) is 104 Å². The van der Waals surface area contributed by atoms with Crippen LogP contribution < -0.4 is 19.3 Å². The molecular weight excluding hydrogens is 718 g/mol. The summed E-state index contributed by atoms with van der Waals surface area (Å²) in [6, 6.07) is 18.0. The minimum absolute atomic E-state index is 0.0855. The number of amides is 1. The minimum atomic E-state index is -1.56. The van der Waals surface area contributed by atoms with Crippen LogP contribution in [0.15, 0.2) is 72.9 Å². The number of ether oxygens (including phenoxy) is 2. The molecule has 1 saturated heterocycles. The Morgan fingerprint density at radius 1 is 1.04 bits per heavy atom. The molecule has 1 N–H and O–H groups in total. The maximum Gasteiger partial charge on any atom is 0.263 e. The molecule has 0 radical (unpaired) electrons. The number of carbonyl (C=O) groups is 1. The second kappa shape index (κ2) is 17.1. The van der Waals surface area contributed by atoms with Crippen LogP contribution in [0.5, 0.6) is 5.75 Å². The predicted octanol–water partition coefficient (Wildman–Crippen LogP) is 7.28. The van der Waals surface area contributed by atoms with Crippen molar-refractivity contribution in [2.24, 2.45) is 17.8 Å². The van der Waals surface area contributed by atoms with E-state index in [4.69, 9.17) is 21.1 Å². The number of methoxy groups -OCH3 is 1. The zero-order chi connectivity index (χ0) is 37.8. The zero-order valence-corrected chi connectivity index (χ0v) is 33.8. The third-order valence-corrected chi connectivity index (χ3v) is 14.2. The standard InChI is InChI=1S/C43H56ClN5O4S/c1-5-9-32-24-36(44)14-15-37(32)35-27-49-26-34-12-16-38(34)43(52-4,29-47-20-22-48(23-21-47)41-11-6-7-19-45-41)18-8-10-30(2)31(3)54(51)46-42(50)33-13-17-40(53-28-35)39(49)25-33/h6-8,11,13-15,17-19,24-25,30-31,34-35,38H,5,9-10,12,16,20-23,26-29H2,1-4H3,(H,46,50)/b18-8+. The van der Waals surface area contributed by atoms with Crippen LogP contribution in [0.1, 0.15) is 73.9 Å². The minimum Gasteiger partial charge on any atom is -0.491 e. The van der Waals surface area contributed by atoms with E-state index in [2.05, 4.69) is 74.7 Å². The van der Waals surface area contributed by atoms with Crippen LogP contribution in [0.2, 0.25) is 5.02 Å². The lowest BCUT2D eigenvalue weighted by molar-refractivity contribution is -0.0919. The summed E-state index contributed by atoms with van der Waals surface area (Å²) in [5.41, 5.74) is 3.44. The summed E-state index contributed by atoms with van der Waals surface area (Å²) in [5, 5.41) is 0.513. The van der Waals surface area contributed by atoms with Gasteiger partial charge in [0, 0.05) is 75.6 Å². The first-order valence-electron chi connectivity index (χ1n) is 19.8. The van der Waals surface area contributed by atoms with Gasteiger partial charge in [0.1, 0.15) is 28.2 Å². The number of aromatic nitrogens is 1. The smallest absolute Gasteiger partial charge is 0.263 e. The van der Waals surface area contributed by atoms with Crippen LogP contribution in [0.4, 0.5) is 11.5 Å². The molecule has 4 aliphatic rings. The maximum atomic E-state index is 13.6. The van der Waals surface area contributed by atoms with Gasteiger partial charge in [-0.2, -0.15) is 0 Å². The predicted molar refractivity (Wildman–Crippen MR) is 219 cm³/mol. The number of hydrogen-bond donors (Lipinski definition) is 1. The number of fused-ring (bicyclic) bond motifs is 2. The van der Waals surface area contributed by atoms with Crippen LogP contribution in [0.3, 0.4) is 0 Å². The van der Waals surface area contributed by atoms with Crippen molar-refractivity contribution in [2.75, 3.05) is 69.3 Å². The summed E-state index contributed by atoms with van der Waals surface area (Å²) in [5.74, 6) is 2.32. The van der Waals surface area contributed by atoms with Gasteiger partial charge in [0.25, 0.3) is 5.91 Å². The Bertz CT molecular complexity index is 1820. The van der Waals surface area contributed by atoms with Crippen LogP contribution in [0.25, 0.3) is 0 Å². The Hall–Kier alpha value is -3.44. The summed E-state index contributed by atoms with van der Waals surface area (Å²) in [7, 11) is 0.325. The molecule has 1 aromatic heterocycles. The van der Waals surface area contributed by atoms with E-state index in [1.165, 1.54) is 11.1 Å². The number of allylic oxidation sites excluding steroid dienone is 1. The van der Waals surface area contributed by atoms with Crippen molar-refractivity contribution >= 4 is 40.0 Å². The van der Waals surface area contributed by atoms with E-state index in [0.717, 1.165) is 100 Å². The number of halogens is 1. The Labute approximate surface area is 329 Å². The summed E-state index contributed by atoms with van der Waals surface area (Å²) in [4.78, 5) is 25.6. The number of carbonyl (C=O) groups excluding carboxylic acids is 1. The van der Waals surface area contributed by atoms with Crippen LogP contribution >= 0.6 is 11.6 Å². The molecule has 54 heavy (non-hydrogen) atoms. The second-order valence-corrected chi connectivity index (χ2v) is 17.8. The molecule has 7 atom stereocenters. The molecular formula is C43H56ClN5O4S. The van der Waals surface area contributed by atoms with Gasteiger partial charge in [-0.1, -0.05) is 56.2 Å². The lowest BCUT2D eigenvalue weighted by Gasteiger charge is -2.52. The lowest BCUT2D eigenvalue weighted by Crippen LogP contribution is -2.58. The van der Waals surface area contributed by atoms with E-state index in [9.17, 15) is 9.00 Å². The van der Waals surface area contributed by atoms with Crippen molar-refractivity contribution in [1.29, 1.82) is 0 Å². The van der Waals surface area contributed by atoms with Crippen molar-refractivity contribution in [3.63, 3.8) is 0 Å². The molecule has 3 aliphatic heterocycles. The third-order valence-electron chi connectivity index (χ3n) is 12.4. The average molecular weight is 774 g/mol. The van der Waals surface area contributed by atoms with Gasteiger partial charge in [-0.25, -0.2) is 9.19 Å². The number of benzene rings is 2. The molecule has 7 unspecified atom stereocenters. The molecule has 7 rings (SSSR count). The molecule has 0 spiro atoms. The lowest BCUT2D eigenvalue weighted by atomic mass is 9.63. The van der Waals surface area contributed by atoms with Gasteiger partial charge in [-0.15, -0.1) is 0 Å². The van der Waals surface area contributed by atoms with E-state index >= 15 is 0 Å². The number of nitrogens with one attached hydrogen (secondary N) is 1. The molecule has 290 valence electrons. The Morgan fingerprint density at radius 2 is 1.87 bits per heavy atom. The quantitative estimate of drug-likeness (QED) is 0.251. The highest BCUT2D eigenvalue weighted by Crippen LogP contribution is 2.47. The van der Waals surface area contributed by atoms with Gasteiger partial charge in [0.2, 0.25) is 0 Å². The SMILES string of the molecule is CCCc1cc(Cl)ccc1C1COc2ccc3cc2N(C1)CC1CCC1C(CN1CCN(c2ccccn2)CC1)(OC)/C=C/CC(C)C(C)S(=O)NC3=O. The van der Waals surface area contributed by atoms with Crippen molar-refractivity contribution in [2.45, 2.75) is 69.6 Å². The molecule has 1 amide bonds. The number of anilines is 2. The summed E-state index contributed by atoms with van der Waals surface area (Å²) in [6.07, 6.45) is 11.3. The number of aryl methyl sites for hydroxylation is 1. The first kappa shape index (κ1) is 38.8. The highest BCUT2D eigenvalue weighted by atomic mass is 35.5. The molecule has 9 nitrogen and oxygen atoms in total. The highest BCUT2D eigenvalue weighted by molar-refractivity contribution is 7.84. The van der Waals surface area contributed by atoms with E-state index in [1.54, 1.807) is 6.07 Å².